The summed E-state index contributed by atoms with van der Waals surface area (Å²) in [7, 11) is 4.04. The van der Waals surface area contributed by atoms with Gasteiger partial charge in [-0.2, -0.15) is 0 Å². The lowest BCUT2D eigenvalue weighted by molar-refractivity contribution is 0.122. The smallest absolute Gasteiger partial charge is 0.231 e. The van der Waals surface area contributed by atoms with Gasteiger partial charge in [-0.1, -0.05) is 0 Å². The van der Waals surface area contributed by atoms with Crippen molar-refractivity contribution in [1.82, 2.24) is 25.8 Å². The quantitative estimate of drug-likeness (QED) is 0.173. The number of anilines is 4. The Hall–Kier alpha value is -3.51. The van der Waals surface area contributed by atoms with Gasteiger partial charge in [0, 0.05) is 37.9 Å². The first-order chi connectivity index (χ1) is 15.1. The van der Waals surface area contributed by atoms with E-state index in [1.54, 1.807) is 6.07 Å². The number of hydrogen-bond donors (Lipinski definition) is 6. The Morgan fingerprint density at radius 1 is 1.13 bits per heavy atom. The molecule has 7 N–H and O–H groups in total. The topological polar surface area (TPSA) is 140 Å². The highest BCUT2D eigenvalue weighted by molar-refractivity contribution is 5.78. The molecule has 12 nitrogen and oxygen atoms in total. The number of hydrazine groups is 2. The molecule has 1 aromatic carbocycles. The summed E-state index contributed by atoms with van der Waals surface area (Å²) in [6.45, 7) is 5.03. The number of nitrogens with one attached hydrogen (secondary N) is 5. The average molecular weight is 430 g/mol. The van der Waals surface area contributed by atoms with Crippen LogP contribution in [0, 0.1) is 0 Å². The largest absolute Gasteiger partial charge is 0.378 e. The van der Waals surface area contributed by atoms with Crippen molar-refractivity contribution in [2.75, 3.05) is 74.6 Å². The lowest BCUT2D eigenvalue weighted by Gasteiger charge is -2.28. The van der Waals surface area contributed by atoms with E-state index in [0.717, 1.165) is 50.9 Å². The maximum absolute atomic E-state index is 5.85. The zero-order valence-electron chi connectivity index (χ0n) is 17.9. The molecule has 1 aromatic heterocycles. The van der Waals surface area contributed by atoms with E-state index in [4.69, 9.17) is 10.5 Å². The molecular weight excluding hydrogens is 398 g/mol. The van der Waals surface area contributed by atoms with E-state index in [-0.39, 0.29) is 5.96 Å². The van der Waals surface area contributed by atoms with Gasteiger partial charge >= 0.3 is 0 Å². The van der Waals surface area contributed by atoms with E-state index in [1.165, 1.54) is 12.0 Å². The predicted octanol–water partition coefficient (Wildman–Crippen LogP) is 0.0496. The molecule has 0 unspecified atom stereocenters. The van der Waals surface area contributed by atoms with Gasteiger partial charge in [-0.15, -0.1) is 5.10 Å². The molecule has 0 saturated carbocycles. The molecule has 1 saturated heterocycles. The van der Waals surface area contributed by atoms with Gasteiger partial charge < -0.3 is 25.6 Å². The van der Waals surface area contributed by atoms with Crippen molar-refractivity contribution < 1.29 is 4.74 Å². The molecular formula is C19H31N11O. The van der Waals surface area contributed by atoms with Crippen molar-refractivity contribution in [3.8, 4) is 0 Å². The van der Waals surface area contributed by atoms with Gasteiger partial charge in [0.05, 0.1) is 18.9 Å². The van der Waals surface area contributed by atoms with Crippen LogP contribution in [-0.2, 0) is 4.74 Å². The standard InChI is InChI=1S/C19H31N11O/c1-29(2)8-7-21-17-13-18(23-14-22-17)25-26-19(20)27-28-24-15-3-5-16(6-4-15)30-9-11-31-12-10-30/h3-6,13-14,24,28H,7-12H2,1-2H3,(H3,20,26,27)(H2,21,22,23,25). The third-order valence-electron chi connectivity index (χ3n) is 4.47. The summed E-state index contributed by atoms with van der Waals surface area (Å²) in [6.07, 6.45) is 1.47. The second-order valence-corrected chi connectivity index (χ2v) is 7.15. The highest BCUT2D eigenvalue weighted by Crippen LogP contribution is 2.18. The SMILES string of the molecule is CN(C)CCNc1cc(NN/C(N)=N\NNc2ccc(N3CCOCC3)cc2)ncn1. The molecule has 0 radical (unpaired) electrons. The summed E-state index contributed by atoms with van der Waals surface area (Å²) in [5, 5.41) is 7.23. The third-order valence-corrected chi connectivity index (χ3v) is 4.47. The number of ether oxygens (including phenoxy) is 1. The van der Waals surface area contributed by atoms with Crippen LogP contribution < -0.4 is 37.8 Å². The summed E-state index contributed by atoms with van der Waals surface area (Å²) in [5.74, 6) is 1.42. The summed E-state index contributed by atoms with van der Waals surface area (Å²) in [5.41, 5.74) is 19.2. The number of hydrazone groups is 1. The molecule has 1 aliphatic heterocycles. The highest BCUT2D eigenvalue weighted by Gasteiger charge is 2.10. The van der Waals surface area contributed by atoms with E-state index in [0.29, 0.717) is 5.82 Å². The zero-order chi connectivity index (χ0) is 21.9. The Balaban J connectivity index is 1.40. The van der Waals surface area contributed by atoms with Gasteiger partial charge in [0.15, 0.2) is 0 Å². The first-order valence-electron chi connectivity index (χ1n) is 10.1. The lowest BCUT2D eigenvalue weighted by atomic mass is 10.2. The Bertz CT molecular complexity index is 822. The summed E-state index contributed by atoms with van der Waals surface area (Å²) < 4.78 is 5.38. The number of aromatic nitrogens is 2. The number of nitrogens with two attached hydrogens (primary N) is 1. The van der Waals surface area contributed by atoms with Crippen molar-refractivity contribution >= 4 is 29.0 Å². The normalized spacial score (nSPS) is 14.3. The summed E-state index contributed by atoms with van der Waals surface area (Å²) >= 11 is 0. The van der Waals surface area contributed by atoms with Crippen LogP contribution in [0.1, 0.15) is 0 Å². The molecule has 31 heavy (non-hydrogen) atoms. The number of morpholine rings is 1. The van der Waals surface area contributed by atoms with Crippen molar-refractivity contribution in [3.05, 3.63) is 36.7 Å². The fourth-order valence-corrected chi connectivity index (χ4v) is 2.82. The van der Waals surface area contributed by atoms with Crippen molar-refractivity contribution in [2.24, 2.45) is 10.8 Å². The summed E-state index contributed by atoms with van der Waals surface area (Å²) in [6, 6.07) is 9.84. The number of guanidine groups is 1. The average Bonchev–Trinajstić information content (AvgIpc) is 2.79. The van der Waals surface area contributed by atoms with Crippen LogP contribution in [0.5, 0.6) is 0 Å². The molecule has 3 rings (SSSR count). The van der Waals surface area contributed by atoms with Crippen molar-refractivity contribution in [1.29, 1.82) is 0 Å². The number of benzene rings is 1. The van der Waals surface area contributed by atoms with Crippen LogP contribution in [0.3, 0.4) is 0 Å². The van der Waals surface area contributed by atoms with Crippen molar-refractivity contribution in [3.63, 3.8) is 0 Å². The maximum atomic E-state index is 5.85. The van der Waals surface area contributed by atoms with E-state index in [1.807, 2.05) is 26.2 Å². The molecule has 0 amide bonds. The molecule has 1 aliphatic rings. The van der Waals surface area contributed by atoms with Gasteiger partial charge in [0.2, 0.25) is 5.96 Å². The third kappa shape index (κ3) is 7.68. The number of hydrogen-bond acceptors (Lipinski definition) is 10. The van der Waals surface area contributed by atoms with Gasteiger partial charge in [0.25, 0.3) is 0 Å². The number of nitrogens with zero attached hydrogens (tertiary/aromatic N) is 5. The van der Waals surface area contributed by atoms with E-state index in [2.05, 4.69) is 64.1 Å². The second-order valence-electron chi connectivity index (χ2n) is 7.15. The number of rotatable bonds is 10. The molecule has 0 atom stereocenters. The van der Waals surface area contributed by atoms with E-state index < -0.39 is 0 Å². The van der Waals surface area contributed by atoms with E-state index >= 15 is 0 Å². The van der Waals surface area contributed by atoms with Crippen LogP contribution in [-0.4, -0.2) is 74.3 Å². The van der Waals surface area contributed by atoms with Crippen LogP contribution >= 0.6 is 0 Å². The van der Waals surface area contributed by atoms with Gasteiger partial charge in [0.1, 0.15) is 18.0 Å². The fourth-order valence-electron chi connectivity index (χ4n) is 2.82. The van der Waals surface area contributed by atoms with Crippen LogP contribution in [0.4, 0.5) is 23.0 Å². The van der Waals surface area contributed by atoms with Crippen LogP contribution in [0.2, 0.25) is 0 Å². The van der Waals surface area contributed by atoms with Gasteiger partial charge in [-0.3, -0.25) is 16.3 Å². The molecule has 1 fully saturated rings. The molecule has 2 heterocycles. The zero-order valence-corrected chi connectivity index (χ0v) is 17.9. The molecule has 0 bridgehead atoms. The Morgan fingerprint density at radius 3 is 2.61 bits per heavy atom. The first kappa shape index (κ1) is 22.2. The van der Waals surface area contributed by atoms with E-state index in [9.17, 15) is 0 Å². The minimum Gasteiger partial charge on any atom is -0.378 e. The highest BCUT2D eigenvalue weighted by atomic mass is 16.5. The van der Waals surface area contributed by atoms with Gasteiger partial charge in [-0.25, -0.2) is 15.5 Å². The minimum atomic E-state index is 0.137. The van der Waals surface area contributed by atoms with Crippen LogP contribution in [0.25, 0.3) is 0 Å². The maximum Gasteiger partial charge on any atom is 0.231 e. The predicted molar refractivity (Wildman–Crippen MR) is 124 cm³/mol. The first-order valence-corrected chi connectivity index (χ1v) is 10.1. The van der Waals surface area contributed by atoms with Gasteiger partial charge in [-0.05, 0) is 38.4 Å². The molecule has 168 valence electrons. The Morgan fingerprint density at radius 2 is 1.87 bits per heavy atom. The monoisotopic (exact) mass is 429 g/mol. The molecule has 2 aromatic rings. The molecule has 0 aliphatic carbocycles. The summed E-state index contributed by atoms with van der Waals surface area (Å²) in [4.78, 5) is 12.7. The fraction of sp³-hybridized carbons (Fsp3) is 0.421. The van der Waals surface area contributed by atoms with Crippen LogP contribution in [0.15, 0.2) is 41.8 Å². The molecule has 0 spiro atoms. The Labute approximate surface area is 182 Å². The Kier molecular flexibility index (Phi) is 8.31. The number of likely N-dealkylation sites (N-methyl/N-ethyl adjacent to an activating group) is 1. The lowest BCUT2D eigenvalue weighted by Crippen LogP contribution is -2.38. The minimum absolute atomic E-state index is 0.137. The molecule has 12 heteroatoms. The second kappa shape index (κ2) is 11.6. The van der Waals surface area contributed by atoms with Crippen molar-refractivity contribution in [2.45, 2.75) is 0 Å².